The number of hydrogen-bond donors (Lipinski definition) is 18. The quantitative estimate of drug-likeness (QED) is 0.0139. The van der Waals surface area contributed by atoms with Gasteiger partial charge in [0.05, 0.1) is 19.1 Å². The molecule has 1 aliphatic heterocycles. The van der Waals surface area contributed by atoms with E-state index in [1.165, 1.54) is 60.4 Å². The van der Waals surface area contributed by atoms with Gasteiger partial charge in [-0.2, -0.15) is 25.3 Å². The molecule has 9 amide bonds. The van der Waals surface area contributed by atoms with E-state index in [-0.39, 0.29) is 86.5 Å². The fraction of sp³-hybridized carbons (Fsp3) is 0.529. The maximum atomic E-state index is 14.4. The molecule has 82 heavy (non-hydrogen) atoms. The summed E-state index contributed by atoms with van der Waals surface area (Å²) in [6.45, 7) is 3.80. The molecule has 31 heteroatoms. The zero-order valence-electron chi connectivity index (χ0n) is 45.4. The highest BCUT2D eigenvalue weighted by Gasteiger charge is 2.39. The minimum absolute atomic E-state index is 0.0118. The first-order valence-electron chi connectivity index (χ1n) is 26.1. The lowest BCUT2D eigenvalue weighted by molar-refractivity contribution is -0.143. The number of carbonyl (C=O) groups excluding carboxylic acids is 9. The van der Waals surface area contributed by atoms with Gasteiger partial charge in [0.25, 0.3) is 0 Å². The van der Waals surface area contributed by atoms with Crippen molar-refractivity contribution in [3.63, 3.8) is 0 Å². The molecule has 0 bridgehead atoms. The summed E-state index contributed by atoms with van der Waals surface area (Å²) < 4.78 is 0. The van der Waals surface area contributed by atoms with Crippen molar-refractivity contribution in [2.75, 3.05) is 31.2 Å². The number of benzene rings is 2. The highest BCUT2D eigenvalue weighted by molar-refractivity contribution is 7.80. The van der Waals surface area contributed by atoms with E-state index in [2.05, 4.69) is 72.8 Å². The maximum absolute atomic E-state index is 14.4. The smallest absolute Gasteiger partial charge is 0.327 e. The number of aliphatic imine (C=N–C) groups is 1. The summed E-state index contributed by atoms with van der Waals surface area (Å²) in [4.78, 5) is 153. The van der Waals surface area contributed by atoms with E-state index in [0.717, 1.165) is 0 Å². The number of nitrogens with two attached hydrogens (primary N) is 3. The highest BCUT2D eigenvalue weighted by Crippen LogP contribution is 2.20. The molecule has 19 N–H and O–H groups in total. The second-order valence-corrected chi connectivity index (χ2v) is 20.5. The van der Waals surface area contributed by atoms with Crippen LogP contribution in [0, 0.1) is 5.92 Å². The number of likely N-dealkylation sites (tertiary alicyclic amines) is 1. The molecule has 0 spiro atoms. The SMILES string of the molecule is CC(C)C[C@H](NC(=O)[C@H](Cc1ccc(O)cc1)NC(=O)[C@H](CCCN=C(N)N)NC(=O)[C@H](CO)NC(=O)[C@H](Cc1ccc(O)cc1)NC(=O)[C@H](C)NC(=O)[C@@H]1CCCN1C(=O)[C@@H](N)CS)C(=O)N[C@@H](CC(=O)O)C(=O)N[C@@H](CS)C(=O)O. The predicted molar refractivity (Wildman–Crippen MR) is 301 cm³/mol. The Labute approximate surface area is 483 Å². The summed E-state index contributed by atoms with van der Waals surface area (Å²) >= 11 is 7.96. The second kappa shape index (κ2) is 33.8. The van der Waals surface area contributed by atoms with Crippen LogP contribution in [0.4, 0.5) is 0 Å². The normalized spacial score (nSPS) is 16.2. The second-order valence-electron chi connectivity index (χ2n) is 19.8. The number of aliphatic carboxylic acids is 2. The van der Waals surface area contributed by atoms with E-state index >= 15 is 0 Å². The van der Waals surface area contributed by atoms with Crippen LogP contribution in [-0.4, -0.2) is 193 Å². The van der Waals surface area contributed by atoms with Crippen molar-refractivity contribution >= 4 is 96.3 Å². The third-order valence-electron chi connectivity index (χ3n) is 12.7. The number of phenols is 2. The van der Waals surface area contributed by atoms with Crippen molar-refractivity contribution < 1.29 is 78.3 Å². The van der Waals surface area contributed by atoms with Gasteiger partial charge in [0.2, 0.25) is 53.2 Å². The molecule has 2 aromatic carbocycles. The number of thiol groups is 2. The molecule has 0 saturated carbocycles. The van der Waals surface area contributed by atoms with Crippen LogP contribution in [0.2, 0.25) is 0 Å². The number of nitrogens with one attached hydrogen (secondary N) is 8. The average molecular weight is 1190 g/mol. The summed E-state index contributed by atoms with van der Waals surface area (Å²) in [5.41, 5.74) is 17.7. The first-order chi connectivity index (χ1) is 38.7. The van der Waals surface area contributed by atoms with E-state index in [9.17, 15) is 78.3 Å². The molecule has 3 rings (SSSR count). The number of carboxylic acids is 2. The van der Waals surface area contributed by atoms with Crippen molar-refractivity contribution in [1.29, 1.82) is 0 Å². The van der Waals surface area contributed by atoms with Crippen LogP contribution < -0.4 is 59.7 Å². The zero-order valence-corrected chi connectivity index (χ0v) is 47.2. The van der Waals surface area contributed by atoms with Gasteiger partial charge in [-0.15, -0.1) is 0 Å². The molecule has 0 aliphatic carbocycles. The number of nitrogens with zero attached hydrogens (tertiary/aromatic N) is 2. The third kappa shape index (κ3) is 22.6. The lowest BCUT2D eigenvalue weighted by Crippen LogP contribution is -2.61. The van der Waals surface area contributed by atoms with Crippen molar-refractivity contribution in [2.24, 2.45) is 28.1 Å². The van der Waals surface area contributed by atoms with Crippen LogP contribution in [0.5, 0.6) is 11.5 Å². The van der Waals surface area contributed by atoms with Crippen LogP contribution >= 0.6 is 25.3 Å². The average Bonchev–Trinajstić information content (AvgIpc) is 3.96. The molecule has 0 unspecified atom stereocenters. The number of hydrogen-bond acceptors (Lipinski definition) is 18. The Morgan fingerprint density at radius 1 is 0.622 bits per heavy atom. The van der Waals surface area contributed by atoms with Gasteiger partial charge in [-0.25, -0.2) is 4.79 Å². The number of rotatable bonds is 33. The number of carboxylic acid groups (broad SMARTS) is 2. The molecule has 1 saturated heterocycles. The minimum Gasteiger partial charge on any atom is -0.508 e. The number of carbonyl (C=O) groups is 11. The number of phenolic OH excluding ortho intramolecular Hbond substituents is 2. The van der Waals surface area contributed by atoms with E-state index in [4.69, 9.17) is 17.2 Å². The van der Waals surface area contributed by atoms with Gasteiger partial charge in [-0.3, -0.25) is 52.9 Å². The van der Waals surface area contributed by atoms with Crippen LogP contribution in [0.1, 0.15) is 70.4 Å². The molecule has 1 fully saturated rings. The van der Waals surface area contributed by atoms with Gasteiger partial charge in [-0.1, -0.05) is 38.1 Å². The van der Waals surface area contributed by atoms with Crippen LogP contribution in [0.3, 0.4) is 0 Å². The van der Waals surface area contributed by atoms with Crippen LogP contribution in [-0.2, 0) is 65.6 Å². The topological polar surface area (TPSA) is 479 Å². The van der Waals surface area contributed by atoms with Crippen LogP contribution in [0.25, 0.3) is 0 Å². The number of guanidine groups is 1. The molecule has 452 valence electrons. The molecule has 2 aromatic rings. The highest BCUT2D eigenvalue weighted by atomic mass is 32.1. The predicted octanol–water partition coefficient (Wildman–Crippen LogP) is -4.39. The summed E-state index contributed by atoms with van der Waals surface area (Å²) in [5.74, 6) is -12.7. The monoisotopic (exact) mass is 1190 g/mol. The Balaban J connectivity index is 1.93. The van der Waals surface area contributed by atoms with Crippen molar-refractivity contribution in [2.45, 2.75) is 133 Å². The Kier molecular flexibility index (Phi) is 28.1. The largest absolute Gasteiger partial charge is 0.508 e. The first-order valence-corrected chi connectivity index (χ1v) is 27.3. The Bertz CT molecular complexity index is 2590. The Hall–Kier alpha value is -7.90. The first kappa shape index (κ1) is 68.4. The molecule has 10 atom stereocenters. The molecule has 29 nitrogen and oxygen atoms in total. The number of aromatic hydroxyl groups is 2. The van der Waals surface area contributed by atoms with E-state index in [1.54, 1.807) is 13.8 Å². The van der Waals surface area contributed by atoms with Gasteiger partial charge < -0.3 is 90.2 Å². The number of aliphatic hydroxyl groups is 1. The third-order valence-corrected chi connectivity index (χ3v) is 13.4. The number of amides is 9. The van der Waals surface area contributed by atoms with Crippen molar-refractivity contribution in [3.05, 3.63) is 59.7 Å². The summed E-state index contributed by atoms with van der Waals surface area (Å²) in [7, 11) is 0. The van der Waals surface area contributed by atoms with Crippen molar-refractivity contribution in [3.8, 4) is 11.5 Å². The molecule has 0 radical (unpaired) electrons. The molecule has 1 aliphatic rings. The molecular weight excluding hydrogens is 1110 g/mol. The lowest BCUT2D eigenvalue weighted by atomic mass is 10.00. The number of aliphatic hydroxyl groups excluding tert-OH is 1. The Morgan fingerprint density at radius 2 is 1.07 bits per heavy atom. The van der Waals surface area contributed by atoms with Crippen LogP contribution in [0.15, 0.2) is 53.5 Å². The van der Waals surface area contributed by atoms with Gasteiger partial charge in [0.1, 0.15) is 65.9 Å². The fourth-order valence-corrected chi connectivity index (χ4v) is 8.70. The zero-order chi connectivity index (χ0) is 61.4. The minimum atomic E-state index is -1.83. The van der Waals surface area contributed by atoms with Crippen molar-refractivity contribution in [1.82, 2.24) is 47.4 Å². The molecule has 1 heterocycles. The van der Waals surface area contributed by atoms with Gasteiger partial charge in [0.15, 0.2) is 5.96 Å². The van der Waals surface area contributed by atoms with Gasteiger partial charge in [0, 0.05) is 37.4 Å². The summed E-state index contributed by atoms with van der Waals surface area (Å²) in [6, 6.07) is -3.61. The maximum Gasteiger partial charge on any atom is 0.327 e. The van der Waals surface area contributed by atoms with Gasteiger partial charge in [-0.05, 0) is 80.3 Å². The van der Waals surface area contributed by atoms with E-state index < -0.39 is 139 Å². The molecule has 0 aromatic heterocycles. The summed E-state index contributed by atoms with van der Waals surface area (Å²) in [5, 5.41) is 68.8. The standard InChI is InChI=1S/C51H75N13O16S2/c1-25(2)18-33(43(72)61-36(21-40(68)69)46(75)63-38(24-82)50(79)80)59-44(73)35(20-28-10-14-30(67)15-11-28)60-42(71)32(6-4-16-55-51(53)54)57-47(76)37(22-65)62-45(74)34(19-27-8-12-29(66)13-9-27)58-41(70)26(3)56-48(77)39-7-5-17-64(39)49(78)31(52)23-81/h8-15,25-26,31-39,65-67,81-82H,4-7,16-24,52H2,1-3H3,(H,56,77)(H,57,76)(H,58,70)(H,59,73)(H,60,71)(H,61,72)(H,62,74)(H,63,75)(H,68,69)(H,79,80)(H4,53,54,55)/t26-,31-,32-,33-,34-,35-,36-,37-,38-,39-/m0/s1. The summed E-state index contributed by atoms with van der Waals surface area (Å²) in [6.07, 6.45) is -1.14. The lowest BCUT2D eigenvalue weighted by Gasteiger charge is -2.28. The van der Waals surface area contributed by atoms with E-state index in [1.807, 2.05) is 0 Å². The van der Waals surface area contributed by atoms with E-state index in [0.29, 0.717) is 17.5 Å². The van der Waals surface area contributed by atoms with Gasteiger partial charge >= 0.3 is 11.9 Å². The fourth-order valence-electron chi connectivity index (χ4n) is 8.29. The Morgan fingerprint density at radius 3 is 1.56 bits per heavy atom. The molecular formula is C51H75N13O16S2.